The lowest BCUT2D eigenvalue weighted by atomic mass is 10.0. The van der Waals surface area contributed by atoms with Crippen LogP contribution in [0.3, 0.4) is 0 Å². The van der Waals surface area contributed by atoms with Gasteiger partial charge in [0, 0.05) is 12.6 Å². The van der Waals surface area contributed by atoms with E-state index in [-0.39, 0.29) is 18.4 Å². The smallest absolute Gasteiger partial charge is 0.309 e. The molecule has 0 saturated heterocycles. The van der Waals surface area contributed by atoms with Crippen LogP contribution in [0.1, 0.15) is 30.9 Å². The lowest BCUT2D eigenvalue weighted by molar-refractivity contribution is -0.133. The molecule has 0 spiro atoms. The minimum absolute atomic E-state index is 0.0899. The van der Waals surface area contributed by atoms with E-state index in [0.29, 0.717) is 5.92 Å². The number of benzene rings is 1. The van der Waals surface area contributed by atoms with E-state index in [1.165, 1.54) is 12.1 Å². The van der Waals surface area contributed by atoms with Crippen molar-refractivity contribution in [2.45, 2.75) is 31.5 Å². The van der Waals surface area contributed by atoms with Crippen molar-refractivity contribution >= 4 is 0 Å². The third kappa shape index (κ3) is 3.98. The fraction of sp³-hybridized carbons (Fsp3) is 0.538. The summed E-state index contributed by atoms with van der Waals surface area (Å²) in [5.41, 5.74) is 0.862. The molecule has 1 aromatic carbocycles. The molecule has 1 atom stereocenters. The first-order valence-electron chi connectivity index (χ1n) is 6.01. The minimum atomic E-state index is -4.14. The lowest BCUT2D eigenvalue weighted by Crippen LogP contribution is -2.27. The van der Waals surface area contributed by atoms with Crippen LogP contribution in [0.25, 0.3) is 0 Å². The largest absolute Gasteiger partial charge is 0.390 e. The van der Waals surface area contributed by atoms with Gasteiger partial charge in [0.05, 0.1) is 6.42 Å². The van der Waals surface area contributed by atoms with Gasteiger partial charge >= 0.3 is 6.18 Å². The summed E-state index contributed by atoms with van der Waals surface area (Å²) in [6, 6.07) is 5.87. The molecule has 0 heterocycles. The molecule has 0 aliphatic heterocycles. The van der Waals surface area contributed by atoms with E-state index in [1.54, 1.807) is 12.1 Å². The van der Waals surface area contributed by atoms with Crippen LogP contribution in [0.4, 0.5) is 17.6 Å². The van der Waals surface area contributed by atoms with Gasteiger partial charge in [0.25, 0.3) is 0 Å². The Labute approximate surface area is 103 Å². The number of hydrogen-bond donors (Lipinski definition) is 1. The van der Waals surface area contributed by atoms with Crippen LogP contribution in [-0.2, 0) is 0 Å². The molecule has 1 nitrogen and oxygen atoms in total. The van der Waals surface area contributed by atoms with Gasteiger partial charge in [-0.2, -0.15) is 13.2 Å². The summed E-state index contributed by atoms with van der Waals surface area (Å²) >= 11 is 0. The van der Waals surface area contributed by atoms with Crippen LogP contribution in [-0.4, -0.2) is 12.7 Å². The Bertz CT molecular complexity index is 381. The summed E-state index contributed by atoms with van der Waals surface area (Å²) in [5.74, 6) is 0.0484. The maximum Gasteiger partial charge on any atom is 0.390 e. The molecule has 1 N–H and O–H groups in total. The average Bonchev–Trinajstić information content (AvgIpc) is 3.08. The van der Waals surface area contributed by atoms with E-state index in [9.17, 15) is 17.6 Å². The number of alkyl halides is 3. The molecular formula is C13H15F4N. The molecule has 100 valence electrons. The number of hydrogen-bond acceptors (Lipinski definition) is 1. The van der Waals surface area contributed by atoms with Crippen molar-refractivity contribution in [2.24, 2.45) is 5.92 Å². The molecule has 0 bridgehead atoms. The van der Waals surface area contributed by atoms with Gasteiger partial charge in [0.2, 0.25) is 0 Å². The first-order chi connectivity index (χ1) is 8.46. The predicted molar refractivity (Wildman–Crippen MR) is 60.5 cm³/mol. The van der Waals surface area contributed by atoms with Gasteiger partial charge in [-0.3, -0.25) is 0 Å². The zero-order valence-electron chi connectivity index (χ0n) is 9.80. The Morgan fingerprint density at radius 1 is 1.17 bits per heavy atom. The molecule has 0 amide bonds. The zero-order valence-corrected chi connectivity index (χ0v) is 9.80. The van der Waals surface area contributed by atoms with Crippen LogP contribution in [0.2, 0.25) is 0 Å². The first kappa shape index (κ1) is 13.3. The standard InChI is InChI=1S/C13H15F4N/c14-11-5-3-10(4-6-11)12(9-1-2-9)18-8-7-13(15,16)17/h3-6,9,12,18H,1-2,7-8H2. The normalized spacial score (nSPS) is 17.8. The van der Waals surface area contributed by atoms with Gasteiger partial charge in [0.1, 0.15) is 5.82 Å². The highest BCUT2D eigenvalue weighted by Crippen LogP contribution is 2.41. The molecule has 5 heteroatoms. The predicted octanol–water partition coefficient (Wildman–Crippen LogP) is 3.82. The lowest BCUT2D eigenvalue weighted by Gasteiger charge is -2.19. The van der Waals surface area contributed by atoms with Crippen molar-refractivity contribution in [3.05, 3.63) is 35.6 Å². The molecule has 18 heavy (non-hydrogen) atoms. The van der Waals surface area contributed by atoms with Gasteiger partial charge in [-0.05, 0) is 36.5 Å². The van der Waals surface area contributed by atoms with Crippen LogP contribution in [0, 0.1) is 11.7 Å². The molecule has 1 aliphatic rings. The molecule has 0 aromatic heterocycles. The second-order valence-corrected chi connectivity index (χ2v) is 4.69. The van der Waals surface area contributed by atoms with Crippen molar-refractivity contribution in [1.82, 2.24) is 5.32 Å². The zero-order chi connectivity index (χ0) is 13.2. The fourth-order valence-electron chi connectivity index (χ4n) is 2.03. The van der Waals surface area contributed by atoms with Crippen molar-refractivity contribution in [1.29, 1.82) is 0 Å². The second kappa shape index (κ2) is 5.26. The van der Waals surface area contributed by atoms with Crippen LogP contribution < -0.4 is 5.32 Å². The Morgan fingerprint density at radius 2 is 1.78 bits per heavy atom. The van der Waals surface area contributed by atoms with Crippen molar-refractivity contribution in [3.8, 4) is 0 Å². The van der Waals surface area contributed by atoms with E-state index in [2.05, 4.69) is 5.32 Å². The van der Waals surface area contributed by atoms with Gasteiger partial charge in [0.15, 0.2) is 0 Å². The van der Waals surface area contributed by atoms with E-state index >= 15 is 0 Å². The van der Waals surface area contributed by atoms with Gasteiger partial charge in [-0.15, -0.1) is 0 Å². The molecule has 2 rings (SSSR count). The Hall–Kier alpha value is -1.10. The number of halogens is 4. The first-order valence-corrected chi connectivity index (χ1v) is 6.01. The number of nitrogens with one attached hydrogen (secondary N) is 1. The van der Waals surface area contributed by atoms with Gasteiger partial charge in [-0.1, -0.05) is 12.1 Å². The van der Waals surface area contributed by atoms with Crippen LogP contribution in [0.15, 0.2) is 24.3 Å². The highest BCUT2D eigenvalue weighted by Gasteiger charge is 2.33. The average molecular weight is 261 g/mol. The van der Waals surface area contributed by atoms with Gasteiger partial charge in [-0.25, -0.2) is 4.39 Å². The minimum Gasteiger partial charge on any atom is -0.309 e. The van der Waals surface area contributed by atoms with Crippen LogP contribution in [0.5, 0.6) is 0 Å². The molecule has 1 unspecified atom stereocenters. The second-order valence-electron chi connectivity index (χ2n) is 4.69. The van der Waals surface area contributed by atoms with E-state index in [0.717, 1.165) is 18.4 Å². The molecule has 1 aromatic rings. The Kier molecular flexibility index (Phi) is 3.90. The van der Waals surface area contributed by atoms with E-state index in [4.69, 9.17) is 0 Å². The highest BCUT2D eigenvalue weighted by molar-refractivity contribution is 5.21. The summed E-state index contributed by atoms with van der Waals surface area (Å²) < 4.78 is 49.1. The molecule has 1 aliphatic carbocycles. The molecule has 0 radical (unpaired) electrons. The Balaban J connectivity index is 1.94. The van der Waals surface area contributed by atoms with Crippen molar-refractivity contribution in [2.75, 3.05) is 6.54 Å². The maximum absolute atomic E-state index is 12.8. The third-order valence-corrected chi connectivity index (χ3v) is 3.10. The van der Waals surface area contributed by atoms with Crippen molar-refractivity contribution in [3.63, 3.8) is 0 Å². The monoisotopic (exact) mass is 261 g/mol. The summed E-state index contributed by atoms with van der Waals surface area (Å²) in [4.78, 5) is 0. The summed E-state index contributed by atoms with van der Waals surface area (Å²) in [7, 11) is 0. The topological polar surface area (TPSA) is 12.0 Å². The highest BCUT2D eigenvalue weighted by atomic mass is 19.4. The summed E-state index contributed by atoms with van der Waals surface area (Å²) in [5, 5.41) is 2.93. The summed E-state index contributed by atoms with van der Waals surface area (Å²) in [6.07, 6.45) is -2.94. The Morgan fingerprint density at radius 3 is 2.28 bits per heavy atom. The SMILES string of the molecule is Fc1ccc(C(NCCC(F)(F)F)C2CC2)cc1. The maximum atomic E-state index is 12.8. The molecule has 1 saturated carbocycles. The fourth-order valence-corrected chi connectivity index (χ4v) is 2.03. The number of rotatable bonds is 5. The molecule has 1 fully saturated rings. The van der Waals surface area contributed by atoms with E-state index in [1.807, 2.05) is 0 Å². The summed E-state index contributed by atoms with van der Waals surface area (Å²) in [6.45, 7) is -0.0952. The molecular weight excluding hydrogens is 246 g/mol. The van der Waals surface area contributed by atoms with Crippen molar-refractivity contribution < 1.29 is 17.6 Å². The van der Waals surface area contributed by atoms with Crippen LogP contribution >= 0.6 is 0 Å². The third-order valence-electron chi connectivity index (χ3n) is 3.10. The van der Waals surface area contributed by atoms with Gasteiger partial charge < -0.3 is 5.32 Å². The quantitative estimate of drug-likeness (QED) is 0.794. The van der Waals surface area contributed by atoms with E-state index < -0.39 is 12.6 Å².